The van der Waals surface area contributed by atoms with Gasteiger partial charge in [0.1, 0.15) is 11.6 Å². The summed E-state index contributed by atoms with van der Waals surface area (Å²) in [5.74, 6) is 2.85. The maximum Gasteiger partial charge on any atom is 0.162 e. The zero-order valence-corrected chi connectivity index (χ0v) is 16.4. The van der Waals surface area contributed by atoms with Gasteiger partial charge in [0, 0.05) is 54.2 Å². The van der Waals surface area contributed by atoms with Crippen LogP contribution in [-0.2, 0) is 13.0 Å². The molecule has 1 aliphatic heterocycles. The molecule has 0 radical (unpaired) electrons. The van der Waals surface area contributed by atoms with E-state index in [9.17, 15) is 0 Å². The third kappa shape index (κ3) is 2.92. The summed E-state index contributed by atoms with van der Waals surface area (Å²) in [5.41, 5.74) is 3.03. The minimum atomic E-state index is 0.651. The van der Waals surface area contributed by atoms with Crippen molar-refractivity contribution in [2.75, 3.05) is 18.0 Å². The molecule has 0 bridgehead atoms. The highest BCUT2D eigenvalue weighted by molar-refractivity contribution is 9.10. The van der Waals surface area contributed by atoms with Crippen molar-refractivity contribution in [1.29, 1.82) is 0 Å². The van der Waals surface area contributed by atoms with Crippen LogP contribution in [0.4, 0.5) is 5.82 Å². The second-order valence-electron chi connectivity index (χ2n) is 6.80. The second-order valence-corrected chi connectivity index (χ2v) is 7.59. The third-order valence-electron chi connectivity index (χ3n) is 5.04. The number of fused-ring (bicyclic) bond motifs is 1. The monoisotopic (exact) mass is 399 g/mol. The van der Waals surface area contributed by atoms with Crippen LogP contribution in [0.3, 0.4) is 0 Å². The first-order chi connectivity index (χ1) is 12.1. The van der Waals surface area contributed by atoms with E-state index < -0.39 is 0 Å². The molecule has 0 atom stereocenters. The molecule has 130 valence electrons. The number of hydrogen-bond donors (Lipinski definition) is 0. The van der Waals surface area contributed by atoms with Gasteiger partial charge in [-0.3, -0.25) is 0 Å². The number of nitrogens with zero attached hydrogens (tertiary/aromatic N) is 5. The predicted octanol–water partition coefficient (Wildman–Crippen LogP) is 3.90. The number of halogens is 1. The quantitative estimate of drug-likeness (QED) is 0.667. The minimum absolute atomic E-state index is 0.651. The average Bonchev–Trinajstić information content (AvgIpc) is 3.02. The van der Waals surface area contributed by atoms with E-state index in [0.717, 1.165) is 53.1 Å². The molecule has 6 heteroatoms. The van der Waals surface area contributed by atoms with Crippen LogP contribution in [0.15, 0.2) is 29.0 Å². The third-order valence-corrected chi connectivity index (χ3v) is 6.21. The van der Waals surface area contributed by atoms with Crippen molar-refractivity contribution in [2.24, 2.45) is 5.92 Å². The Bertz CT molecular complexity index is 927. The number of aromatic nitrogens is 4. The fourth-order valence-electron chi connectivity index (χ4n) is 3.56. The molecule has 1 saturated heterocycles. The lowest BCUT2D eigenvalue weighted by Crippen LogP contribution is -2.49. The Labute approximate surface area is 156 Å². The summed E-state index contributed by atoms with van der Waals surface area (Å²) < 4.78 is 3.35. The molecule has 5 nitrogen and oxygen atoms in total. The van der Waals surface area contributed by atoms with Gasteiger partial charge in [0.2, 0.25) is 0 Å². The van der Waals surface area contributed by atoms with Crippen LogP contribution in [0.2, 0.25) is 0 Å². The van der Waals surface area contributed by atoms with Crippen LogP contribution in [0.1, 0.15) is 24.0 Å². The smallest absolute Gasteiger partial charge is 0.162 e. The van der Waals surface area contributed by atoms with Crippen molar-refractivity contribution >= 4 is 32.8 Å². The lowest BCUT2D eigenvalue weighted by atomic mass is 10.00. The molecular formula is C19H22BrN5. The molecule has 4 heterocycles. The summed E-state index contributed by atoms with van der Waals surface area (Å²) in [7, 11) is 0. The van der Waals surface area contributed by atoms with E-state index in [2.05, 4.69) is 67.5 Å². The average molecular weight is 400 g/mol. The van der Waals surface area contributed by atoms with Crippen LogP contribution in [0.5, 0.6) is 0 Å². The van der Waals surface area contributed by atoms with Gasteiger partial charge in [-0.25, -0.2) is 15.0 Å². The van der Waals surface area contributed by atoms with E-state index in [-0.39, 0.29) is 0 Å². The Morgan fingerprint density at radius 1 is 1.20 bits per heavy atom. The molecule has 1 aliphatic rings. The van der Waals surface area contributed by atoms with Gasteiger partial charge in [0.15, 0.2) is 5.65 Å². The van der Waals surface area contributed by atoms with Crippen LogP contribution in [0, 0.1) is 19.8 Å². The number of anilines is 1. The van der Waals surface area contributed by atoms with E-state index in [1.807, 2.05) is 13.1 Å². The molecule has 0 saturated carbocycles. The van der Waals surface area contributed by atoms with Crippen LogP contribution in [-0.4, -0.2) is 32.6 Å². The highest BCUT2D eigenvalue weighted by Gasteiger charge is 2.28. The lowest BCUT2D eigenvalue weighted by Gasteiger charge is -2.40. The normalized spacial score (nSPS) is 15.0. The van der Waals surface area contributed by atoms with Gasteiger partial charge in [-0.2, -0.15) is 0 Å². The molecule has 3 aromatic heterocycles. The van der Waals surface area contributed by atoms with Gasteiger partial charge < -0.3 is 9.47 Å². The van der Waals surface area contributed by atoms with Gasteiger partial charge in [-0.05, 0) is 47.5 Å². The van der Waals surface area contributed by atoms with Crippen LogP contribution in [0.25, 0.3) is 11.0 Å². The molecule has 0 N–H and O–H groups in total. The lowest BCUT2D eigenvalue weighted by molar-refractivity contribution is 0.351. The number of rotatable bonds is 4. The largest absolute Gasteiger partial charge is 0.356 e. The Hall–Kier alpha value is -1.95. The number of aryl methyl sites for hydroxylation is 3. The molecular weight excluding hydrogens is 378 g/mol. The summed E-state index contributed by atoms with van der Waals surface area (Å²) in [4.78, 5) is 16.2. The first-order valence-corrected chi connectivity index (χ1v) is 9.54. The van der Waals surface area contributed by atoms with E-state index in [4.69, 9.17) is 4.98 Å². The maximum absolute atomic E-state index is 4.80. The SMILES string of the molecule is CCc1nccn1CC1CN(c2ccc3c(C)c(Br)c(C)nc3n2)C1. The number of pyridine rings is 2. The number of imidazole rings is 1. The Morgan fingerprint density at radius 3 is 2.76 bits per heavy atom. The predicted molar refractivity (Wildman–Crippen MR) is 104 cm³/mol. The topological polar surface area (TPSA) is 46.8 Å². The zero-order chi connectivity index (χ0) is 17.6. The van der Waals surface area contributed by atoms with E-state index in [1.54, 1.807) is 0 Å². The fraction of sp³-hybridized carbons (Fsp3) is 0.421. The van der Waals surface area contributed by atoms with E-state index >= 15 is 0 Å². The molecule has 1 fully saturated rings. The van der Waals surface area contributed by atoms with Gasteiger partial charge in [0.05, 0.1) is 5.69 Å². The van der Waals surface area contributed by atoms with Crippen molar-refractivity contribution in [3.8, 4) is 0 Å². The van der Waals surface area contributed by atoms with Crippen molar-refractivity contribution in [1.82, 2.24) is 19.5 Å². The second kappa shape index (κ2) is 6.41. The summed E-state index contributed by atoms with van der Waals surface area (Å²) in [5, 5.41) is 1.12. The van der Waals surface area contributed by atoms with Crippen molar-refractivity contribution in [2.45, 2.75) is 33.7 Å². The Kier molecular flexibility index (Phi) is 4.23. The maximum atomic E-state index is 4.80. The molecule has 4 rings (SSSR count). The summed E-state index contributed by atoms with van der Waals surface area (Å²) >= 11 is 3.61. The van der Waals surface area contributed by atoms with E-state index in [1.165, 1.54) is 11.4 Å². The van der Waals surface area contributed by atoms with Gasteiger partial charge in [0.25, 0.3) is 0 Å². The highest BCUT2D eigenvalue weighted by Crippen LogP contribution is 2.30. The van der Waals surface area contributed by atoms with Crippen molar-refractivity contribution < 1.29 is 0 Å². The summed E-state index contributed by atoms with van der Waals surface area (Å²) in [6, 6.07) is 4.26. The van der Waals surface area contributed by atoms with Crippen molar-refractivity contribution in [3.63, 3.8) is 0 Å². The van der Waals surface area contributed by atoms with Gasteiger partial charge >= 0.3 is 0 Å². The minimum Gasteiger partial charge on any atom is -0.356 e. The molecule has 0 unspecified atom stereocenters. The first-order valence-electron chi connectivity index (χ1n) is 8.75. The Balaban J connectivity index is 1.50. The molecule has 3 aromatic rings. The molecule has 0 aromatic carbocycles. The fourth-order valence-corrected chi connectivity index (χ4v) is 3.86. The first kappa shape index (κ1) is 16.5. The Morgan fingerprint density at radius 2 is 2.00 bits per heavy atom. The van der Waals surface area contributed by atoms with Crippen LogP contribution >= 0.6 is 15.9 Å². The molecule has 25 heavy (non-hydrogen) atoms. The zero-order valence-electron chi connectivity index (χ0n) is 14.8. The van der Waals surface area contributed by atoms with Crippen molar-refractivity contribution in [3.05, 3.63) is 46.1 Å². The molecule has 0 spiro atoms. The molecule has 0 aliphatic carbocycles. The summed E-state index contributed by atoms with van der Waals surface area (Å²) in [6.45, 7) is 9.39. The van der Waals surface area contributed by atoms with Crippen LogP contribution < -0.4 is 4.90 Å². The molecule has 0 amide bonds. The van der Waals surface area contributed by atoms with Gasteiger partial charge in [-0.1, -0.05) is 6.92 Å². The highest BCUT2D eigenvalue weighted by atomic mass is 79.9. The number of hydrogen-bond acceptors (Lipinski definition) is 4. The van der Waals surface area contributed by atoms with E-state index in [0.29, 0.717) is 5.92 Å². The summed E-state index contributed by atoms with van der Waals surface area (Å²) in [6.07, 6.45) is 4.97. The standard InChI is InChI=1S/C19H22BrN5/c1-4-16-21-7-8-24(16)9-14-10-25(11-14)17-6-5-15-12(2)18(20)13(3)22-19(15)23-17/h5-8,14H,4,9-11H2,1-3H3. The van der Waals surface area contributed by atoms with Gasteiger partial charge in [-0.15, -0.1) is 0 Å².